The molecular formula is C13H21NO. The highest BCUT2D eigenvalue weighted by atomic mass is 16.3. The normalized spacial score (nSPS) is 12.7. The molecule has 0 aliphatic heterocycles. The second-order valence-electron chi connectivity index (χ2n) is 3.99. The summed E-state index contributed by atoms with van der Waals surface area (Å²) in [7, 11) is 0. The molecule has 0 bridgehead atoms. The average molecular weight is 207 g/mol. The van der Waals surface area contributed by atoms with E-state index in [9.17, 15) is 0 Å². The maximum atomic E-state index is 8.91. The van der Waals surface area contributed by atoms with Gasteiger partial charge in [-0.2, -0.15) is 0 Å². The largest absolute Gasteiger partial charge is 0.394 e. The molecule has 0 fully saturated rings. The van der Waals surface area contributed by atoms with Crippen LogP contribution in [0, 0.1) is 0 Å². The van der Waals surface area contributed by atoms with E-state index in [0.29, 0.717) is 0 Å². The molecule has 0 aliphatic rings. The third kappa shape index (κ3) is 4.02. The Kier molecular flexibility index (Phi) is 5.37. The Balaban J connectivity index is 2.49. The van der Waals surface area contributed by atoms with Crippen molar-refractivity contribution in [2.45, 2.75) is 38.6 Å². The van der Waals surface area contributed by atoms with Crippen molar-refractivity contribution in [3.05, 3.63) is 35.4 Å². The van der Waals surface area contributed by atoms with Crippen LogP contribution in [0.2, 0.25) is 0 Å². The molecule has 0 spiro atoms. The Labute approximate surface area is 92.1 Å². The van der Waals surface area contributed by atoms with E-state index in [0.717, 1.165) is 12.0 Å². The monoisotopic (exact) mass is 207 g/mol. The number of benzene rings is 1. The van der Waals surface area contributed by atoms with Crippen LogP contribution in [0.15, 0.2) is 24.3 Å². The first-order valence-corrected chi connectivity index (χ1v) is 5.73. The van der Waals surface area contributed by atoms with Gasteiger partial charge in [0, 0.05) is 0 Å². The topological polar surface area (TPSA) is 46.2 Å². The minimum Gasteiger partial charge on any atom is -0.394 e. The van der Waals surface area contributed by atoms with Gasteiger partial charge in [0.2, 0.25) is 0 Å². The van der Waals surface area contributed by atoms with Crippen molar-refractivity contribution in [1.82, 2.24) is 0 Å². The summed E-state index contributed by atoms with van der Waals surface area (Å²) in [6, 6.07) is 8.01. The number of hydrogen-bond donors (Lipinski definition) is 2. The van der Waals surface area contributed by atoms with Crippen LogP contribution < -0.4 is 5.73 Å². The van der Waals surface area contributed by atoms with E-state index in [1.807, 2.05) is 12.1 Å². The van der Waals surface area contributed by atoms with E-state index in [4.69, 9.17) is 10.8 Å². The van der Waals surface area contributed by atoms with Crippen LogP contribution in [0.5, 0.6) is 0 Å². The van der Waals surface area contributed by atoms with Gasteiger partial charge in [-0.05, 0) is 24.0 Å². The van der Waals surface area contributed by atoms with Gasteiger partial charge in [-0.1, -0.05) is 44.0 Å². The highest BCUT2D eigenvalue weighted by Crippen LogP contribution is 2.13. The van der Waals surface area contributed by atoms with Crippen LogP contribution in [0.25, 0.3) is 0 Å². The van der Waals surface area contributed by atoms with Crippen LogP contribution in [-0.2, 0) is 6.42 Å². The lowest BCUT2D eigenvalue weighted by Gasteiger charge is -2.09. The van der Waals surface area contributed by atoms with Crippen LogP contribution in [0.1, 0.15) is 43.4 Å². The van der Waals surface area contributed by atoms with Gasteiger partial charge in [-0.15, -0.1) is 0 Å². The van der Waals surface area contributed by atoms with Crippen LogP contribution in [0.4, 0.5) is 0 Å². The molecule has 1 rings (SSSR count). The minimum atomic E-state index is -0.241. The smallest absolute Gasteiger partial charge is 0.0624 e. The van der Waals surface area contributed by atoms with Crippen molar-refractivity contribution in [1.29, 1.82) is 0 Å². The average Bonchev–Trinajstić information content (AvgIpc) is 2.29. The molecule has 0 amide bonds. The van der Waals surface area contributed by atoms with Gasteiger partial charge in [0.15, 0.2) is 0 Å². The van der Waals surface area contributed by atoms with E-state index in [-0.39, 0.29) is 12.6 Å². The minimum absolute atomic E-state index is 0.00911. The zero-order valence-corrected chi connectivity index (χ0v) is 9.45. The summed E-state index contributed by atoms with van der Waals surface area (Å²) in [6.07, 6.45) is 4.94. The molecule has 1 aromatic carbocycles. The van der Waals surface area contributed by atoms with E-state index < -0.39 is 0 Å². The van der Waals surface area contributed by atoms with Crippen LogP contribution in [-0.4, -0.2) is 11.7 Å². The number of unbranched alkanes of at least 4 members (excludes halogenated alkanes) is 2. The molecule has 3 N–H and O–H groups in total. The lowest BCUT2D eigenvalue weighted by Crippen LogP contribution is -2.14. The molecular weight excluding hydrogens is 186 g/mol. The van der Waals surface area contributed by atoms with E-state index in [1.165, 1.54) is 24.8 Å². The lowest BCUT2D eigenvalue weighted by atomic mass is 10.0. The molecule has 1 aromatic rings. The van der Waals surface area contributed by atoms with E-state index >= 15 is 0 Å². The number of hydrogen-bond acceptors (Lipinski definition) is 2. The number of aryl methyl sites for hydroxylation is 1. The first-order chi connectivity index (χ1) is 7.27. The fourth-order valence-corrected chi connectivity index (χ4v) is 1.62. The molecule has 0 radical (unpaired) electrons. The van der Waals surface area contributed by atoms with Gasteiger partial charge in [-0.3, -0.25) is 0 Å². The Bertz CT molecular complexity index is 268. The third-order valence-electron chi connectivity index (χ3n) is 2.67. The van der Waals surface area contributed by atoms with E-state index in [1.54, 1.807) is 0 Å². The maximum Gasteiger partial charge on any atom is 0.0624 e. The SMILES string of the molecule is CCCCCc1ccc([C@H](N)CO)cc1. The molecule has 2 nitrogen and oxygen atoms in total. The van der Waals surface area contributed by atoms with Crippen molar-refractivity contribution in [3.8, 4) is 0 Å². The van der Waals surface area contributed by atoms with Gasteiger partial charge < -0.3 is 10.8 Å². The Morgan fingerprint density at radius 2 is 1.87 bits per heavy atom. The van der Waals surface area contributed by atoms with Gasteiger partial charge in [0.05, 0.1) is 12.6 Å². The number of aliphatic hydroxyl groups is 1. The zero-order chi connectivity index (χ0) is 11.1. The molecule has 84 valence electrons. The van der Waals surface area contributed by atoms with Gasteiger partial charge >= 0.3 is 0 Å². The number of nitrogens with two attached hydrogens (primary N) is 1. The predicted octanol–water partition coefficient (Wildman–Crippen LogP) is 2.41. The summed E-state index contributed by atoms with van der Waals surface area (Å²) in [6.45, 7) is 2.22. The molecule has 0 saturated carbocycles. The summed E-state index contributed by atoms with van der Waals surface area (Å²) in [5.41, 5.74) is 8.09. The molecule has 0 aromatic heterocycles. The maximum absolute atomic E-state index is 8.91. The summed E-state index contributed by atoms with van der Waals surface area (Å²) in [5.74, 6) is 0. The molecule has 15 heavy (non-hydrogen) atoms. The van der Waals surface area contributed by atoms with Crippen molar-refractivity contribution >= 4 is 0 Å². The molecule has 0 heterocycles. The van der Waals surface area contributed by atoms with Crippen LogP contribution >= 0.6 is 0 Å². The van der Waals surface area contributed by atoms with Crippen molar-refractivity contribution in [2.24, 2.45) is 5.73 Å². The summed E-state index contributed by atoms with van der Waals surface area (Å²) in [5, 5.41) is 8.91. The first-order valence-electron chi connectivity index (χ1n) is 5.73. The Morgan fingerprint density at radius 1 is 1.20 bits per heavy atom. The fourth-order valence-electron chi connectivity index (χ4n) is 1.62. The predicted molar refractivity (Wildman–Crippen MR) is 63.7 cm³/mol. The van der Waals surface area contributed by atoms with Gasteiger partial charge in [0.25, 0.3) is 0 Å². The highest BCUT2D eigenvalue weighted by Gasteiger charge is 2.03. The molecule has 0 aliphatic carbocycles. The molecule has 2 heteroatoms. The summed E-state index contributed by atoms with van der Waals surface area (Å²) in [4.78, 5) is 0. The number of rotatable bonds is 6. The summed E-state index contributed by atoms with van der Waals surface area (Å²) < 4.78 is 0. The quantitative estimate of drug-likeness (QED) is 0.704. The van der Waals surface area contributed by atoms with E-state index in [2.05, 4.69) is 19.1 Å². The molecule has 0 saturated heterocycles. The third-order valence-corrected chi connectivity index (χ3v) is 2.67. The standard InChI is InChI=1S/C13H21NO/c1-2-3-4-5-11-6-8-12(9-7-11)13(14)10-15/h6-9,13,15H,2-5,10,14H2,1H3/t13-/m1/s1. The van der Waals surface area contributed by atoms with Gasteiger partial charge in [0.1, 0.15) is 0 Å². The van der Waals surface area contributed by atoms with Crippen molar-refractivity contribution in [3.63, 3.8) is 0 Å². The van der Waals surface area contributed by atoms with Crippen molar-refractivity contribution < 1.29 is 5.11 Å². The zero-order valence-electron chi connectivity index (χ0n) is 9.45. The highest BCUT2D eigenvalue weighted by molar-refractivity contribution is 5.24. The molecule has 0 unspecified atom stereocenters. The Hall–Kier alpha value is -0.860. The second-order valence-corrected chi connectivity index (χ2v) is 3.99. The second kappa shape index (κ2) is 6.59. The van der Waals surface area contributed by atoms with Gasteiger partial charge in [-0.25, -0.2) is 0 Å². The molecule has 1 atom stereocenters. The number of aliphatic hydroxyl groups excluding tert-OH is 1. The van der Waals surface area contributed by atoms with Crippen molar-refractivity contribution in [2.75, 3.05) is 6.61 Å². The Morgan fingerprint density at radius 3 is 2.40 bits per heavy atom. The fraction of sp³-hybridized carbons (Fsp3) is 0.538. The van der Waals surface area contributed by atoms with Crippen LogP contribution in [0.3, 0.4) is 0 Å². The first kappa shape index (κ1) is 12.2. The lowest BCUT2D eigenvalue weighted by molar-refractivity contribution is 0.268. The summed E-state index contributed by atoms with van der Waals surface area (Å²) >= 11 is 0.